The van der Waals surface area contributed by atoms with Gasteiger partial charge >= 0.3 is 12.1 Å². The zero-order chi connectivity index (χ0) is 30.7. The molecule has 9 heteroatoms. The number of benzene rings is 3. The van der Waals surface area contributed by atoms with Crippen molar-refractivity contribution in [3.63, 3.8) is 0 Å². The van der Waals surface area contributed by atoms with Crippen LogP contribution in [0.15, 0.2) is 78.9 Å². The number of halogens is 3. The smallest absolute Gasteiger partial charge is 0.454 e. The van der Waals surface area contributed by atoms with Crippen LogP contribution in [0.4, 0.5) is 13.2 Å². The van der Waals surface area contributed by atoms with Crippen molar-refractivity contribution in [1.29, 1.82) is 0 Å². The minimum atomic E-state index is -4.90. The van der Waals surface area contributed by atoms with Crippen molar-refractivity contribution in [3.8, 4) is 11.5 Å². The van der Waals surface area contributed by atoms with Crippen LogP contribution in [0.5, 0.6) is 11.5 Å². The molecule has 0 heterocycles. The second-order valence-corrected chi connectivity index (χ2v) is 12.1. The molecule has 0 aromatic heterocycles. The van der Waals surface area contributed by atoms with Crippen molar-refractivity contribution < 1.29 is 37.0 Å². The fraction of sp³-hybridized carbons (Fsp3) is 0.412. The van der Waals surface area contributed by atoms with E-state index in [1.54, 1.807) is 0 Å². The summed E-state index contributed by atoms with van der Waals surface area (Å²) in [7, 11) is 1.45. The standard InChI is InChI=1S/C34H37F3O5S/c1-40-31(38)23-33(19-20-33)24-43-30(10-5-9-25-7-3-2-4-8-25)26-11-15-28(16-12-26)41-21-6-22-42-29-17-13-27(14-18-29)32(39)34(35,36)37/h2-4,7-8,11-18,30H,5-6,9-10,19-24H2,1H3. The maximum Gasteiger partial charge on any atom is 0.454 e. The van der Waals surface area contributed by atoms with Gasteiger partial charge in [-0.15, -0.1) is 0 Å². The molecule has 0 aliphatic heterocycles. The number of rotatable bonds is 17. The zero-order valence-corrected chi connectivity index (χ0v) is 25.1. The number of alkyl halides is 3. The first-order valence-electron chi connectivity index (χ1n) is 14.5. The lowest BCUT2D eigenvalue weighted by Crippen LogP contribution is -2.22. The second-order valence-electron chi connectivity index (χ2n) is 10.9. The Morgan fingerprint density at radius 3 is 2.02 bits per heavy atom. The third kappa shape index (κ3) is 10.3. The fourth-order valence-corrected chi connectivity index (χ4v) is 6.40. The van der Waals surface area contributed by atoms with Crippen molar-refractivity contribution in [1.82, 2.24) is 0 Å². The van der Waals surface area contributed by atoms with Crippen molar-refractivity contribution >= 4 is 23.5 Å². The van der Waals surface area contributed by atoms with Gasteiger partial charge in [-0.25, -0.2) is 0 Å². The van der Waals surface area contributed by atoms with Crippen molar-refractivity contribution in [3.05, 3.63) is 95.6 Å². The molecule has 1 atom stereocenters. The van der Waals surface area contributed by atoms with Crippen LogP contribution in [0.25, 0.3) is 0 Å². The predicted octanol–water partition coefficient (Wildman–Crippen LogP) is 8.42. The maximum atomic E-state index is 12.6. The topological polar surface area (TPSA) is 61.8 Å². The molecule has 43 heavy (non-hydrogen) atoms. The molecule has 1 fully saturated rings. The fourth-order valence-electron chi connectivity index (χ4n) is 4.77. The molecule has 0 saturated heterocycles. The van der Waals surface area contributed by atoms with E-state index in [-0.39, 0.29) is 11.4 Å². The molecule has 0 amide bonds. The molecule has 0 N–H and O–H groups in total. The van der Waals surface area contributed by atoms with E-state index in [1.807, 2.05) is 30.0 Å². The predicted molar refractivity (Wildman–Crippen MR) is 162 cm³/mol. The number of Topliss-reactive ketones (excluding diaryl/α,β-unsaturated/α-hetero) is 1. The molecule has 1 aliphatic rings. The van der Waals surface area contributed by atoms with Gasteiger partial charge < -0.3 is 14.2 Å². The average Bonchev–Trinajstić information content (AvgIpc) is 3.78. The van der Waals surface area contributed by atoms with Gasteiger partial charge in [-0.05, 0) is 85.0 Å². The molecule has 3 aromatic rings. The van der Waals surface area contributed by atoms with Gasteiger partial charge in [0, 0.05) is 23.0 Å². The number of carbonyl (C=O) groups is 2. The van der Waals surface area contributed by atoms with Crippen LogP contribution in [-0.4, -0.2) is 44.0 Å². The molecule has 3 aromatic carbocycles. The van der Waals surface area contributed by atoms with Gasteiger partial charge in [0.05, 0.1) is 26.7 Å². The number of ketones is 1. The molecule has 0 bridgehead atoms. The molecule has 1 saturated carbocycles. The number of thioether (sulfide) groups is 1. The number of esters is 1. The van der Waals surface area contributed by atoms with Gasteiger partial charge in [0.25, 0.3) is 5.78 Å². The van der Waals surface area contributed by atoms with E-state index < -0.39 is 17.5 Å². The summed E-state index contributed by atoms with van der Waals surface area (Å²) in [5.41, 5.74) is 2.20. The Hall–Kier alpha value is -3.46. The lowest BCUT2D eigenvalue weighted by Gasteiger charge is -2.21. The quantitative estimate of drug-likeness (QED) is 0.0864. The lowest BCUT2D eigenvalue weighted by molar-refractivity contribution is -0.141. The molecular formula is C34H37F3O5S. The van der Waals surface area contributed by atoms with E-state index in [4.69, 9.17) is 14.2 Å². The highest BCUT2D eigenvalue weighted by Gasteiger charge is 2.45. The second kappa shape index (κ2) is 15.3. The number of methoxy groups -OCH3 is 1. The Labute approximate surface area is 255 Å². The van der Waals surface area contributed by atoms with Crippen LogP contribution in [0.1, 0.15) is 65.3 Å². The summed E-state index contributed by atoms with van der Waals surface area (Å²) in [5, 5.41) is 0.305. The zero-order valence-electron chi connectivity index (χ0n) is 24.2. The number of hydrogen-bond donors (Lipinski definition) is 0. The molecule has 4 rings (SSSR count). The van der Waals surface area contributed by atoms with E-state index in [0.29, 0.717) is 37.1 Å². The molecule has 5 nitrogen and oxygen atoms in total. The third-order valence-corrected chi connectivity index (χ3v) is 9.21. The summed E-state index contributed by atoms with van der Waals surface area (Å²) in [4.78, 5) is 23.2. The summed E-state index contributed by atoms with van der Waals surface area (Å²) in [6, 6.07) is 23.6. The number of aryl methyl sites for hydroxylation is 1. The van der Waals surface area contributed by atoms with Crippen LogP contribution in [0, 0.1) is 5.41 Å². The van der Waals surface area contributed by atoms with E-state index in [1.165, 1.54) is 30.4 Å². The van der Waals surface area contributed by atoms with Crippen LogP contribution in [0.2, 0.25) is 0 Å². The first-order chi connectivity index (χ1) is 20.7. The highest BCUT2D eigenvalue weighted by Crippen LogP contribution is 2.53. The van der Waals surface area contributed by atoms with Gasteiger partial charge in [-0.3, -0.25) is 9.59 Å². The third-order valence-electron chi connectivity index (χ3n) is 7.52. The Morgan fingerprint density at radius 2 is 1.47 bits per heavy atom. The van der Waals surface area contributed by atoms with Gasteiger partial charge in [0.1, 0.15) is 11.5 Å². The van der Waals surface area contributed by atoms with Crippen molar-refractivity contribution in [2.75, 3.05) is 26.1 Å². The molecule has 0 radical (unpaired) electrons. The summed E-state index contributed by atoms with van der Waals surface area (Å²) in [5.74, 6) is 0.0501. The van der Waals surface area contributed by atoms with Gasteiger partial charge in [0.2, 0.25) is 0 Å². The van der Waals surface area contributed by atoms with Gasteiger partial charge in [0.15, 0.2) is 0 Å². The van der Waals surface area contributed by atoms with E-state index >= 15 is 0 Å². The Bertz CT molecular complexity index is 1310. The molecule has 230 valence electrons. The van der Waals surface area contributed by atoms with Crippen LogP contribution in [0.3, 0.4) is 0 Å². The molecular weight excluding hydrogens is 577 g/mol. The van der Waals surface area contributed by atoms with Crippen LogP contribution in [-0.2, 0) is 16.0 Å². The first kappa shape index (κ1) is 32.5. The largest absolute Gasteiger partial charge is 0.493 e. The van der Waals surface area contributed by atoms with Gasteiger partial charge in [-0.1, -0.05) is 42.5 Å². The molecule has 0 spiro atoms. The average molecular weight is 615 g/mol. The highest BCUT2D eigenvalue weighted by atomic mass is 32.2. The number of carbonyl (C=O) groups excluding carboxylic acids is 2. The normalized spacial score (nSPS) is 14.5. The molecule has 1 aliphatic carbocycles. The Morgan fingerprint density at radius 1 is 0.860 bits per heavy atom. The van der Waals surface area contributed by atoms with Gasteiger partial charge in [-0.2, -0.15) is 24.9 Å². The summed E-state index contributed by atoms with van der Waals surface area (Å²) >= 11 is 1.92. The van der Waals surface area contributed by atoms with Crippen molar-refractivity contribution in [2.24, 2.45) is 5.41 Å². The number of ether oxygens (including phenoxy) is 3. The molecule has 1 unspecified atom stereocenters. The Kier molecular flexibility index (Phi) is 11.6. The number of hydrogen-bond acceptors (Lipinski definition) is 6. The summed E-state index contributed by atoms with van der Waals surface area (Å²) in [6.45, 7) is 0.730. The van der Waals surface area contributed by atoms with Crippen LogP contribution < -0.4 is 9.47 Å². The summed E-state index contributed by atoms with van der Waals surface area (Å²) < 4.78 is 54.0. The minimum absolute atomic E-state index is 0.0586. The van der Waals surface area contributed by atoms with E-state index in [9.17, 15) is 22.8 Å². The maximum absolute atomic E-state index is 12.6. The van der Waals surface area contributed by atoms with E-state index in [0.717, 1.165) is 55.7 Å². The van der Waals surface area contributed by atoms with Crippen molar-refractivity contribution in [2.45, 2.75) is 56.4 Å². The SMILES string of the molecule is COC(=O)CC1(CSC(CCCc2ccccc2)c2ccc(OCCCOc3ccc(C(=O)C(F)(F)F)cc3)cc2)CC1. The Balaban J connectivity index is 1.25. The summed E-state index contributed by atoms with van der Waals surface area (Å²) in [6.07, 6.45) is 1.38. The van der Waals surface area contributed by atoms with E-state index in [2.05, 4.69) is 36.4 Å². The lowest BCUT2D eigenvalue weighted by atomic mass is 10.0. The first-order valence-corrected chi connectivity index (χ1v) is 15.5. The van der Waals surface area contributed by atoms with Crippen LogP contribution >= 0.6 is 11.8 Å². The monoisotopic (exact) mass is 614 g/mol. The minimum Gasteiger partial charge on any atom is -0.493 e. The highest BCUT2D eigenvalue weighted by molar-refractivity contribution is 7.99.